The summed E-state index contributed by atoms with van der Waals surface area (Å²) in [5.41, 5.74) is 1.02. The summed E-state index contributed by atoms with van der Waals surface area (Å²) in [4.78, 5) is 27.6. The van der Waals surface area contributed by atoms with Gasteiger partial charge in [0.25, 0.3) is 0 Å². The fourth-order valence-electron chi connectivity index (χ4n) is 3.46. The van der Waals surface area contributed by atoms with Gasteiger partial charge < -0.3 is 15.0 Å². The summed E-state index contributed by atoms with van der Waals surface area (Å²) in [6.07, 6.45) is 5.49. The summed E-state index contributed by atoms with van der Waals surface area (Å²) in [5.74, 6) is 2.51. The molecule has 2 aromatic rings. The number of hydrogen-bond donors (Lipinski definition) is 1. The van der Waals surface area contributed by atoms with Crippen molar-refractivity contribution in [3.05, 3.63) is 42.1 Å². The third-order valence-electron chi connectivity index (χ3n) is 5.04. The van der Waals surface area contributed by atoms with Gasteiger partial charge in [-0.2, -0.15) is 0 Å². The first-order valence-corrected chi connectivity index (χ1v) is 9.59. The number of aliphatic imine (C=N–C) groups is 1. The second-order valence-electron chi connectivity index (χ2n) is 7.05. The number of guanidine groups is 1. The molecular formula is C20H29IN6O2. The van der Waals surface area contributed by atoms with Gasteiger partial charge in [-0.15, -0.1) is 24.0 Å². The first-order chi connectivity index (χ1) is 13.5. The second kappa shape index (κ2) is 10.6. The number of aromatic nitrogens is 3. The predicted octanol–water partition coefficient (Wildman–Crippen LogP) is 2.40. The molecule has 158 valence electrons. The van der Waals surface area contributed by atoms with E-state index in [1.165, 1.54) is 7.11 Å². The molecule has 1 N–H and O–H groups in total. The Bertz CT molecular complexity index is 836. The van der Waals surface area contributed by atoms with E-state index in [0.29, 0.717) is 13.1 Å². The smallest absolute Gasteiger partial charge is 0.310 e. The van der Waals surface area contributed by atoms with Crippen LogP contribution in [-0.4, -0.2) is 58.1 Å². The van der Waals surface area contributed by atoms with E-state index in [4.69, 9.17) is 9.73 Å². The Kier molecular flexibility index (Phi) is 8.42. The lowest BCUT2D eigenvalue weighted by molar-refractivity contribution is -0.145. The number of esters is 1. The quantitative estimate of drug-likeness (QED) is 0.287. The number of carbonyl (C=O) groups excluding carboxylic acids is 1. The molecule has 0 aliphatic carbocycles. The number of nitrogens with one attached hydrogen (secondary N) is 1. The number of ether oxygens (including phenoxy) is 1. The number of imidazole rings is 1. The first-order valence-electron chi connectivity index (χ1n) is 9.59. The highest BCUT2D eigenvalue weighted by Gasteiger charge is 2.36. The van der Waals surface area contributed by atoms with Gasteiger partial charge in [0.1, 0.15) is 11.6 Å². The van der Waals surface area contributed by atoms with Crippen LogP contribution < -0.4 is 5.32 Å². The Hall–Kier alpha value is -2.17. The molecule has 1 aliphatic heterocycles. The van der Waals surface area contributed by atoms with Crippen LogP contribution in [-0.2, 0) is 16.1 Å². The van der Waals surface area contributed by atoms with Crippen LogP contribution in [0.25, 0.3) is 5.82 Å². The molecule has 2 unspecified atom stereocenters. The van der Waals surface area contributed by atoms with Crippen molar-refractivity contribution in [2.45, 2.75) is 27.3 Å². The van der Waals surface area contributed by atoms with E-state index >= 15 is 0 Å². The molecular weight excluding hydrogens is 483 g/mol. The third-order valence-corrected chi connectivity index (χ3v) is 5.04. The normalized spacial score (nSPS) is 19.0. The highest BCUT2D eigenvalue weighted by molar-refractivity contribution is 14.0. The number of halogens is 1. The molecule has 1 fully saturated rings. The first kappa shape index (κ1) is 23.1. The largest absolute Gasteiger partial charge is 0.469 e. The zero-order valence-corrected chi connectivity index (χ0v) is 19.7. The van der Waals surface area contributed by atoms with E-state index in [1.54, 1.807) is 6.20 Å². The van der Waals surface area contributed by atoms with Gasteiger partial charge in [-0.3, -0.25) is 9.36 Å². The Morgan fingerprint density at radius 2 is 2.14 bits per heavy atom. The summed E-state index contributed by atoms with van der Waals surface area (Å²) in [6, 6.07) is 4.00. The van der Waals surface area contributed by atoms with Gasteiger partial charge in [-0.25, -0.2) is 15.0 Å². The van der Waals surface area contributed by atoms with E-state index in [1.807, 2.05) is 42.9 Å². The van der Waals surface area contributed by atoms with Crippen molar-refractivity contribution in [2.24, 2.45) is 16.8 Å². The minimum Gasteiger partial charge on any atom is -0.469 e. The predicted molar refractivity (Wildman–Crippen MR) is 123 cm³/mol. The fourth-order valence-corrected chi connectivity index (χ4v) is 3.46. The molecule has 3 rings (SSSR count). The van der Waals surface area contributed by atoms with E-state index in [9.17, 15) is 4.79 Å². The Labute approximate surface area is 188 Å². The maximum atomic E-state index is 12.0. The third kappa shape index (κ3) is 5.46. The van der Waals surface area contributed by atoms with Crippen LogP contribution in [0.1, 0.15) is 25.2 Å². The SMILES string of the molecule is CCNC(=NCc1ccc(-n2ccnc2C)nc1)N1CC(C)C(C(=O)OC)C1.I. The van der Waals surface area contributed by atoms with Crippen LogP contribution in [0.3, 0.4) is 0 Å². The number of rotatable bonds is 5. The molecule has 29 heavy (non-hydrogen) atoms. The molecule has 3 heterocycles. The lowest BCUT2D eigenvalue weighted by atomic mass is 9.99. The number of pyridine rings is 1. The zero-order chi connectivity index (χ0) is 20.1. The topological polar surface area (TPSA) is 84.6 Å². The highest BCUT2D eigenvalue weighted by Crippen LogP contribution is 2.24. The molecule has 0 saturated carbocycles. The fraction of sp³-hybridized carbons (Fsp3) is 0.500. The van der Waals surface area contributed by atoms with Crippen molar-refractivity contribution < 1.29 is 9.53 Å². The summed E-state index contributed by atoms with van der Waals surface area (Å²) in [7, 11) is 1.44. The van der Waals surface area contributed by atoms with Crippen molar-refractivity contribution in [2.75, 3.05) is 26.7 Å². The van der Waals surface area contributed by atoms with Gasteiger partial charge >= 0.3 is 5.97 Å². The maximum absolute atomic E-state index is 12.0. The van der Waals surface area contributed by atoms with E-state index in [0.717, 1.165) is 36.3 Å². The number of aryl methyl sites for hydroxylation is 1. The number of nitrogens with zero attached hydrogens (tertiary/aromatic N) is 5. The minimum atomic E-state index is -0.152. The van der Waals surface area contributed by atoms with Crippen molar-refractivity contribution in [1.29, 1.82) is 0 Å². The van der Waals surface area contributed by atoms with Crippen molar-refractivity contribution in [3.63, 3.8) is 0 Å². The molecule has 0 spiro atoms. The Morgan fingerprint density at radius 3 is 2.72 bits per heavy atom. The summed E-state index contributed by atoms with van der Waals surface area (Å²) >= 11 is 0. The van der Waals surface area contributed by atoms with Crippen LogP contribution in [0.5, 0.6) is 0 Å². The van der Waals surface area contributed by atoms with Gasteiger partial charge in [0, 0.05) is 38.2 Å². The molecule has 0 radical (unpaired) electrons. The van der Waals surface area contributed by atoms with Crippen LogP contribution >= 0.6 is 24.0 Å². The van der Waals surface area contributed by atoms with Gasteiger partial charge in [0.2, 0.25) is 0 Å². The average molecular weight is 512 g/mol. The lowest BCUT2D eigenvalue weighted by Crippen LogP contribution is -2.40. The van der Waals surface area contributed by atoms with Crippen LogP contribution in [0.4, 0.5) is 0 Å². The number of likely N-dealkylation sites (tertiary alicyclic amines) is 1. The van der Waals surface area contributed by atoms with E-state index in [2.05, 4.69) is 27.1 Å². The van der Waals surface area contributed by atoms with Crippen LogP contribution in [0.15, 0.2) is 35.7 Å². The van der Waals surface area contributed by atoms with Crippen molar-refractivity contribution in [1.82, 2.24) is 24.8 Å². The van der Waals surface area contributed by atoms with Gasteiger partial charge in [-0.05, 0) is 31.4 Å². The maximum Gasteiger partial charge on any atom is 0.310 e. The van der Waals surface area contributed by atoms with Gasteiger partial charge in [-0.1, -0.05) is 13.0 Å². The molecule has 2 aromatic heterocycles. The number of hydrogen-bond acceptors (Lipinski definition) is 5. The van der Waals surface area contributed by atoms with Crippen molar-refractivity contribution >= 4 is 35.9 Å². The Morgan fingerprint density at radius 1 is 1.34 bits per heavy atom. The molecule has 9 heteroatoms. The molecule has 8 nitrogen and oxygen atoms in total. The van der Waals surface area contributed by atoms with Crippen LogP contribution in [0.2, 0.25) is 0 Å². The molecule has 0 aromatic carbocycles. The molecule has 0 amide bonds. The van der Waals surface area contributed by atoms with Crippen LogP contribution in [0, 0.1) is 18.8 Å². The molecule has 0 bridgehead atoms. The Balaban J connectivity index is 0.00000300. The van der Waals surface area contributed by atoms with E-state index < -0.39 is 0 Å². The monoisotopic (exact) mass is 512 g/mol. The van der Waals surface area contributed by atoms with E-state index in [-0.39, 0.29) is 41.8 Å². The van der Waals surface area contributed by atoms with Gasteiger partial charge in [0.05, 0.1) is 19.6 Å². The summed E-state index contributed by atoms with van der Waals surface area (Å²) in [5, 5.41) is 3.33. The van der Waals surface area contributed by atoms with Crippen molar-refractivity contribution in [3.8, 4) is 5.82 Å². The second-order valence-corrected chi connectivity index (χ2v) is 7.05. The average Bonchev–Trinajstić information content (AvgIpc) is 3.30. The number of carbonyl (C=O) groups is 1. The molecule has 1 aliphatic rings. The number of methoxy groups -OCH3 is 1. The van der Waals surface area contributed by atoms with Gasteiger partial charge in [0.15, 0.2) is 5.96 Å². The standard InChI is InChI=1S/C20H28N6O2.HI/c1-5-21-20(25-12-14(2)17(13-25)19(27)28-4)24-11-16-6-7-18(23-10-16)26-9-8-22-15(26)3;/h6-10,14,17H,5,11-13H2,1-4H3,(H,21,24);1H. The zero-order valence-electron chi connectivity index (χ0n) is 17.3. The summed E-state index contributed by atoms with van der Waals surface area (Å²) < 4.78 is 6.87. The minimum absolute atomic E-state index is 0. The molecule has 1 saturated heterocycles. The molecule has 2 atom stereocenters. The summed E-state index contributed by atoms with van der Waals surface area (Å²) in [6.45, 7) is 8.75. The lowest BCUT2D eigenvalue weighted by Gasteiger charge is -2.21. The highest BCUT2D eigenvalue weighted by atomic mass is 127.